The van der Waals surface area contributed by atoms with E-state index in [9.17, 15) is 18.0 Å². The zero-order chi connectivity index (χ0) is 43.2. The van der Waals surface area contributed by atoms with Gasteiger partial charge >= 0.3 is 18.3 Å². The number of carbonyl (C=O) groups is 1. The van der Waals surface area contributed by atoms with Crippen LogP contribution in [0.3, 0.4) is 0 Å². The highest BCUT2D eigenvalue weighted by molar-refractivity contribution is 6.90. The van der Waals surface area contributed by atoms with Gasteiger partial charge in [0.05, 0.1) is 23.0 Å². The number of hydrogen-bond donors (Lipinski definition) is 0. The lowest BCUT2D eigenvalue weighted by atomic mass is 9.95. The minimum atomic E-state index is -4.73. The van der Waals surface area contributed by atoms with Gasteiger partial charge in [-0.1, -0.05) is 53.5 Å². The summed E-state index contributed by atoms with van der Waals surface area (Å²) in [5, 5.41) is 0.881. The molecule has 318 valence electrons. The van der Waals surface area contributed by atoms with Crippen molar-refractivity contribution in [2.45, 2.75) is 116 Å². The summed E-state index contributed by atoms with van der Waals surface area (Å²) in [5.74, 6) is 1.99. The fourth-order valence-corrected chi connectivity index (χ4v) is 14.1. The molecule has 0 aliphatic carbocycles. The zero-order valence-corrected chi connectivity index (χ0v) is 36.2. The molecule has 2 aromatic heterocycles. The van der Waals surface area contributed by atoms with Crippen LogP contribution in [0.2, 0.25) is 16.6 Å². The highest BCUT2D eigenvalue weighted by Crippen LogP contribution is 2.43. The molecule has 2 bridgehead atoms. The van der Waals surface area contributed by atoms with Gasteiger partial charge in [0.15, 0.2) is 19.2 Å². The summed E-state index contributed by atoms with van der Waals surface area (Å²) in [6.07, 6.45) is -2.53. The van der Waals surface area contributed by atoms with Crippen molar-refractivity contribution < 1.29 is 45.7 Å². The number of aromatic nitrogens is 3. The number of rotatable bonds is 10. The molecular formula is C43H52F5N5O5Si. The number of amides is 1. The van der Waals surface area contributed by atoms with Crippen LogP contribution < -0.4 is 14.4 Å². The Labute approximate surface area is 342 Å². The quantitative estimate of drug-likeness (QED) is 0.0669. The fraction of sp³-hybridized carbons (Fsp3) is 0.535. The molecule has 4 aromatic rings. The predicted octanol–water partition coefficient (Wildman–Crippen LogP) is 10.2. The average molecular weight is 842 g/mol. The van der Waals surface area contributed by atoms with E-state index < -0.39 is 50.2 Å². The molecule has 10 nitrogen and oxygen atoms in total. The Hall–Kier alpha value is -4.75. The summed E-state index contributed by atoms with van der Waals surface area (Å²) in [5.41, 5.74) is 3.18. The average Bonchev–Trinajstić information content (AvgIpc) is 3.41. The molecule has 4 heterocycles. The number of piperazine rings is 1. The maximum Gasteiger partial charge on any atom is 0.422 e. The first-order valence-corrected chi connectivity index (χ1v) is 22.1. The van der Waals surface area contributed by atoms with E-state index in [4.69, 9.17) is 18.9 Å². The number of carbonyl (C=O) groups excluding carboxylic acids is 1. The largest absolute Gasteiger partial charge is 0.468 e. The van der Waals surface area contributed by atoms with Crippen LogP contribution >= 0.6 is 0 Å². The van der Waals surface area contributed by atoms with E-state index in [1.54, 1.807) is 42.7 Å². The molecule has 2 atom stereocenters. The first kappa shape index (κ1) is 43.8. The van der Waals surface area contributed by atoms with Gasteiger partial charge in [0, 0.05) is 37.3 Å². The van der Waals surface area contributed by atoms with Crippen LogP contribution in [0.15, 0.2) is 30.5 Å². The van der Waals surface area contributed by atoms with Crippen LogP contribution in [-0.2, 0) is 9.47 Å². The van der Waals surface area contributed by atoms with Crippen molar-refractivity contribution in [3.63, 3.8) is 0 Å². The van der Waals surface area contributed by atoms with Crippen molar-refractivity contribution in [3.05, 3.63) is 47.7 Å². The summed E-state index contributed by atoms with van der Waals surface area (Å²) >= 11 is 0. The molecule has 0 spiro atoms. The Balaban J connectivity index is 1.55. The molecule has 2 aliphatic heterocycles. The van der Waals surface area contributed by atoms with Crippen molar-refractivity contribution in [1.29, 1.82) is 0 Å². The van der Waals surface area contributed by atoms with Crippen LogP contribution in [0.1, 0.15) is 80.7 Å². The first-order valence-electron chi connectivity index (χ1n) is 19.9. The van der Waals surface area contributed by atoms with E-state index in [-0.39, 0.29) is 93.3 Å². The van der Waals surface area contributed by atoms with Crippen molar-refractivity contribution >= 4 is 41.7 Å². The minimum absolute atomic E-state index is 0.0619. The molecule has 2 aliphatic rings. The number of ether oxygens (including phenoxy) is 4. The third-order valence-electron chi connectivity index (χ3n) is 11.3. The lowest BCUT2D eigenvalue weighted by Crippen LogP contribution is -2.57. The molecule has 2 aromatic carbocycles. The molecule has 59 heavy (non-hydrogen) atoms. The number of alkyl halides is 3. The molecule has 2 saturated heterocycles. The van der Waals surface area contributed by atoms with Crippen molar-refractivity contribution in [2.75, 3.05) is 38.5 Å². The number of halogens is 5. The topological polar surface area (TPSA) is 99.1 Å². The monoisotopic (exact) mass is 841 g/mol. The molecule has 2 fully saturated rings. The lowest BCUT2D eigenvalue weighted by molar-refractivity contribution is -0.154. The Morgan fingerprint density at radius 2 is 1.59 bits per heavy atom. The van der Waals surface area contributed by atoms with Gasteiger partial charge in [-0.05, 0) is 73.8 Å². The molecule has 0 radical (unpaired) electrons. The van der Waals surface area contributed by atoms with Crippen molar-refractivity contribution in [2.24, 2.45) is 0 Å². The highest BCUT2D eigenvalue weighted by atomic mass is 28.3. The van der Waals surface area contributed by atoms with Crippen LogP contribution in [0.25, 0.3) is 32.9 Å². The number of anilines is 1. The van der Waals surface area contributed by atoms with Crippen LogP contribution in [0.4, 0.5) is 32.6 Å². The number of hydrogen-bond acceptors (Lipinski definition) is 9. The smallest absolute Gasteiger partial charge is 0.422 e. The fourth-order valence-electron chi connectivity index (χ4n) is 8.89. The molecule has 16 heteroatoms. The molecule has 0 N–H and O–H groups in total. The second kappa shape index (κ2) is 16.7. The highest BCUT2D eigenvalue weighted by Gasteiger charge is 2.45. The van der Waals surface area contributed by atoms with Crippen molar-refractivity contribution in [3.8, 4) is 34.5 Å². The van der Waals surface area contributed by atoms with Gasteiger partial charge in [-0.25, -0.2) is 13.6 Å². The van der Waals surface area contributed by atoms with Gasteiger partial charge in [0.25, 0.3) is 0 Å². The Morgan fingerprint density at radius 3 is 2.17 bits per heavy atom. The molecular weight excluding hydrogens is 790 g/mol. The summed E-state index contributed by atoms with van der Waals surface area (Å²) in [4.78, 5) is 29.8. The van der Waals surface area contributed by atoms with Gasteiger partial charge in [-0.3, -0.25) is 9.88 Å². The predicted molar refractivity (Wildman–Crippen MR) is 219 cm³/mol. The summed E-state index contributed by atoms with van der Waals surface area (Å²) < 4.78 is 95.5. The maximum absolute atomic E-state index is 17.4. The molecule has 6 rings (SSSR count). The Kier molecular flexibility index (Phi) is 12.4. The Morgan fingerprint density at radius 1 is 0.949 bits per heavy atom. The Bertz CT molecular complexity index is 2250. The number of nitrogens with zero attached hydrogens (tertiary/aromatic N) is 5. The van der Waals surface area contributed by atoms with Gasteiger partial charge in [0.2, 0.25) is 0 Å². The van der Waals surface area contributed by atoms with E-state index in [0.29, 0.717) is 18.2 Å². The summed E-state index contributed by atoms with van der Waals surface area (Å²) in [6, 6.07) is 4.74. The van der Waals surface area contributed by atoms with E-state index in [2.05, 4.69) is 68.0 Å². The SMILES string of the molecule is COCOc1cc(-c2ncc3c(N4C[C@H]5CC[C@@H](C4)N5C(=O)OC(C)(C)C)nc(OCC(F)(F)F)nc3c2F)c2c(C#C[Si](C(C)C)(C(C)C)C(C)C)c(F)ccc2c1. The third-order valence-corrected chi connectivity index (χ3v) is 17.6. The van der Waals surface area contributed by atoms with Crippen LogP contribution in [-0.4, -0.2) is 91.5 Å². The van der Waals surface area contributed by atoms with Gasteiger partial charge < -0.3 is 23.8 Å². The number of fused-ring (bicyclic) bond motifs is 4. The van der Waals surface area contributed by atoms with Gasteiger partial charge in [-0.15, -0.1) is 5.54 Å². The van der Waals surface area contributed by atoms with E-state index in [1.165, 1.54) is 25.4 Å². The minimum Gasteiger partial charge on any atom is -0.468 e. The second-order valence-corrected chi connectivity index (χ2v) is 22.9. The standard InChI is InChI=1S/C43H52F5N5O5Si/c1-24(2)59(25(3)4,26(5)6)16-15-31-34(44)14-11-27-17-30(57-23-55-10)18-32(35(27)31)37-36(45)38-33(19-49-37)39(51-40(50-38)56-22-43(46,47)48)52-20-28-12-13-29(21-52)53(28)41(54)58-42(7,8)9/h11,14,17-19,24-26,28-29H,12-13,20-23H2,1-10H3/t28-,29+. The molecule has 0 saturated carbocycles. The number of methoxy groups -OCH3 is 1. The maximum atomic E-state index is 17.4. The van der Waals surface area contributed by atoms with Gasteiger partial charge in [-0.2, -0.15) is 23.1 Å². The van der Waals surface area contributed by atoms with Crippen LogP contribution in [0.5, 0.6) is 11.8 Å². The van der Waals surface area contributed by atoms with Crippen LogP contribution in [0, 0.1) is 23.1 Å². The van der Waals surface area contributed by atoms with Gasteiger partial charge in [0.1, 0.15) is 42.3 Å². The lowest BCUT2D eigenvalue weighted by Gasteiger charge is -2.42. The van der Waals surface area contributed by atoms with E-state index in [0.717, 1.165) is 0 Å². The number of pyridine rings is 1. The summed E-state index contributed by atoms with van der Waals surface area (Å²) in [6.45, 7) is 16.8. The van der Waals surface area contributed by atoms with E-state index >= 15 is 8.78 Å². The van der Waals surface area contributed by atoms with E-state index in [1.807, 2.05) is 0 Å². The third kappa shape index (κ3) is 8.91. The normalized spacial score (nSPS) is 17.3. The first-order chi connectivity index (χ1) is 27.6. The summed E-state index contributed by atoms with van der Waals surface area (Å²) in [7, 11) is -0.927. The zero-order valence-electron chi connectivity index (χ0n) is 35.2. The van der Waals surface area contributed by atoms with Crippen molar-refractivity contribution in [1.82, 2.24) is 19.9 Å². The molecule has 1 amide bonds. The molecule has 0 unspecified atom stereocenters. The number of benzene rings is 2. The second-order valence-electron chi connectivity index (χ2n) is 17.3.